The molecule has 2 aromatic rings. The molecule has 0 bridgehead atoms. The molecule has 25 heavy (non-hydrogen) atoms. The highest BCUT2D eigenvalue weighted by Crippen LogP contribution is 2.39. The third-order valence-corrected chi connectivity index (χ3v) is 4.88. The second kappa shape index (κ2) is 6.35. The molecule has 1 aromatic carbocycles. The molecule has 1 aliphatic carbocycles. The minimum absolute atomic E-state index is 0.0528. The molecule has 0 unspecified atom stereocenters. The lowest BCUT2D eigenvalue weighted by Crippen LogP contribution is -2.26. The minimum atomic E-state index is -0.587. The molecular formula is C19H20FN3O2. The Bertz CT molecular complexity index is 818. The predicted molar refractivity (Wildman–Crippen MR) is 93.9 cm³/mol. The van der Waals surface area contributed by atoms with Gasteiger partial charge >= 0.3 is 0 Å². The number of ether oxygens (including phenoxy) is 1. The number of rotatable bonds is 2. The first-order chi connectivity index (χ1) is 12.1. The van der Waals surface area contributed by atoms with Crippen LogP contribution in [-0.2, 0) is 0 Å². The molecule has 1 saturated carbocycles. The van der Waals surface area contributed by atoms with Crippen molar-refractivity contribution in [3.63, 3.8) is 0 Å². The fourth-order valence-corrected chi connectivity index (χ4v) is 3.49. The SMILES string of the molecule is CN1C(=O)c2c(F)cccc2Oc2cc(NC3CCCCC3)ncc21. The Morgan fingerprint density at radius 2 is 2.04 bits per heavy atom. The van der Waals surface area contributed by atoms with Crippen molar-refractivity contribution >= 4 is 17.4 Å². The minimum Gasteiger partial charge on any atom is -0.454 e. The molecule has 1 amide bonds. The molecule has 6 heteroatoms. The Morgan fingerprint density at radius 1 is 1.24 bits per heavy atom. The van der Waals surface area contributed by atoms with E-state index in [-0.39, 0.29) is 11.3 Å². The van der Waals surface area contributed by atoms with Gasteiger partial charge in [0, 0.05) is 19.2 Å². The van der Waals surface area contributed by atoms with Crippen molar-refractivity contribution in [1.29, 1.82) is 0 Å². The lowest BCUT2D eigenvalue weighted by atomic mass is 9.95. The molecule has 130 valence electrons. The highest BCUT2D eigenvalue weighted by molar-refractivity contribution is 6.09. The number of carbonyl (C=O) groups excluding carboxylic acids is 1. The molecule has 5 nitrogen and oxygen atoms in total. The monoisotopic (exact) mass is 341 g/mol. The number of pyridine rings is 1. The summed E-state index contributed by atoms with van der Waals surface area (Å²) in [6, 6.07) is 6.60. The number of benzene rings is 1. The van der Waals surface area contributed by atoms with Crippen molar-refractivity contribution in [1.82, 2.24) is 4.98 Å². The van der Waals surface area contributed by atoms with Crippen molar-refractivity contribution in [3.05, 3.63) is 41.8 Å². The number of halogens is 1. The van der Waals surface area contributed by atoms with Crippen LogP contribution in [0.25, 0.3) is 0 Å². The first-order valence-electron chi connectivity index (χ1n) is 8.64. The first kappa shape index (κ1) is 15.9. The molecule has 1 N–H and O–H groups in total. The third kappa shape index (κ3) is 2.92. The number of hydrogen-bond acceptors (Lipinski definition) is 4. The van der Waals surface area contributed by atoms with Gasteiger partial charge in [0.2, 0.25) is 0 Å². The van der Waals surface area contributed by atoms with Crippen molar-refractivity contribution in [3.8, 4) is 11.5 Å². The fraction of sp³-hybridized carbons (Fsp3) is 0.368. The molecule has 0 radical (unpaired) electrons. The van der Waals surface area contributed by atoms with Gasteiger partial charge in [-0.2, -0.15) is 0 Å². The summed E-state index contributed by atoms with van der Waals surface area (Å²) < 4.78 is 20.0. The van der Waals surface area contributed by atoms with E-state index in [9.17, 15) is 9.18 Å². The summed E-state index contributed by atoms with van der Waals surface area (Å²) in [4.78, 5) is 18.4. The molecule has 0 saturated heterocycles. The fourth-order valence-electron chi connectivity index (χ4n) is 3.49. The molecule has 1 fully saturated rings. The maximum Gasteiger partial charge on any atom is 0.264 e. The molecule has 1 aromatic heterocycles. The van der Waals surface area contributed by atoms with E-state index >= 15 is 0 Å². The van der Waals surface area contributed by atoms with E-state index in [0.717, 1.165) is 12.8 Å². The van der Waals surface area contributed by atoms with Crippen LogP contribution in [0.1, 0.15) is 42.5 Å². The number of fused-ring (bicyclic) bond motifs is 2. The largest absolute Gasteiger partial charge is 0.454 e. The number of hydrogen-bond donors (Lipinski definition) is 1. The van der Waals surface area contributed by atoms with E-state index in [4.69, 9.17) is 4.74 Å². The predicted octanol–water partition coefficient (Wildman–Crippen LogP) is 4.35. The van der Waals surface area contributed by atoms with E-state index in [1.54, 1.807) is 25.4 Å². The molecule has 0 spiro atoms. The van der Waals surface area contributed by atoms with E-state index in [0.29, 0.717) is 23.3 Å². The van der Waals surface area contributed by atoms with Gasteiger partial charge in [-0.05, 0) is 25.0 Å². The van der Waals surface area contributed by atoms with E-state index in [1.807, 2.05) is 0 Å². The zero-order valence-corrected chi connectivity index (χ0v) is 14.1. The van der Waals surface area contributed by atoms with E-state index < -0.39 is 11.7 Å². The molecule has 2 heterocycles. The van der Waals surface area contributed by atoms with Crippen LogP contribution in [-0.4, -0.2) is 24.0 Å². The highest BCUT2D eigenvalue weighted by atomic mass is 19.1. The summed E-state index contributed by atoms with van der Waals surface area (Å²) in [6.07, 6.45) is 7.60. The second-order valence-electron chi connectivity index (χ2n) is 6.60. The number of nitrogens with one attached hydrogen (secondary N) is 1. The lowest BCUT2D eigenvalue weighted by Gasteiger charge is -2.24. The van der Waals surface area contributed by atoms with Gasteiger partial charge in [0.15, 0.2) is 5.75 Å². The standard InChI is InChI=1S/C19H20FN3O2/c1-23-14-11-21-17(22-12-6-3-2-4-7-12)10-16(14)25-15-9-5-8-13(20)18(15)19(23)24/h5,8-12H,2-4,6-7H2,1H3,(H,21,22). The van der Waals surface area contributed by atoms with Gasteiger partial charge in [-0.25, -0.2) is 9.37 Å². The Morgan fingerprint density at radius 3 is 2.84 bits per heavy atom. The van der Waals surface area contributed by atoms with E-state index in [2.05, 4.69) is 10.3 Å². The molecule has 0 atom stereocenters. The van der Waals surface area contributed by atoms with Crippen LogP contribution in [0.3, 0.4) is 0 Å². The Labute approximate surface area is 145 Å². The van der Waals surface area contributed by atoms with Crippen molar-refractivity contribution in [2.75, 3.05) is 17.3 Å². The number of anilines is 2. The molecular weight excluding hydrogens is 321 g/mol. The van der Waals surface area contributed by atoms with Gasteiger partial charge in [-0.3, -0.25) is 4.79 Å². The number of aromatic nitrogens is 1. The third-order valence-electron chi connectivity index (χ3n) is 4.88. The number of nitrogens with zero attached hydrogens (tertiary/aromatic N) is 2. The van der Waals surface area contributed by atoms with Gasteiger partial charge in [-0.1, -0.05) is 25.3 Å². The van der Waals surface area contributed by atoms with Gasteiger partial charge < -0.3 is 15.0 Å². The van der Waals surface area contributed by atoms with Crippen LogP contribution >= 0.6 is 0 Å². The molecule has 4 rings (SSSR count). The summed E-state index contributed by atoms with van der Waals surface area (Å²) in [5.41, 5.74) is 0.470. The Kier molecular flexibility index (Phi) is 4.03. The zero-order chi connectivity index (χ0) is 17.4. The van der Waals surface area contributed by atoms with Gasteiger partial charge in [0.1, 0.15) is 28.6 Å². The number of amides is 1. The van der Waals surface area contributed by atoms with Crippen LogP contribution < -0.4 is 15.0 Å². The summed E-state index contributed by atoms with van der Waals surface area (Å²) in [7, 11) is 1.60. The average molecular weight is 341 g/mol. The van der Waals surface area contributed by atoms with Crippen molar-refractivity contribution < 1.29 is 13.9 Å². The average Bonchev–Trinajstić information content (AvgIpc) is 2.72. The van der Waals surface area contributed by atoms with Crippen LogP contribution in [0, 0.1) is 5.82 Å². The maximum atomic E-state index is 14.1. The Balaban J connectivity index is 1.69. The highest BCUT2D eigenvalue weighted by Gasteiger charge is 2.29. The van der Waals surface area contributed by atoms with Gasteiger partial charge in [0.25, 0.3) is 5.91 Å². The summed E-state index contributed by atoms with van der Waals surface area (Å²) >= 11 is 0. The normalized spacial score (nSPS) is 17.4. The van der Waals surface area contributed by atoms with Crippen molar-refractivity contribution in [2.24, 2.45) is 0 Å². The summed E-state index contributed by atoms with van der Waals surface area (Å²) in [5, 5.41) is 3.44. The first-order valence-corrected chi connectivity index (χ1v) is 8.64. The van der Waals surface area contributed by atoms with Crippen LogP contribution in [0.2, 0.25) is 0 Å². The Hall–Kier alpha value is -2.63. The second-order valence-corrected chi connectivity index (χ2v) is 6.60. The smallest absolute Gasteiger partial charge is 0.264 e. The summed E-state index contributed by atoms with van der Waals surface area (Å²) in [6.45, 7) is 0. The van der Waals surface area contributed by atoms with Crippen LogP contribution in [0.15, 0.2) is 30.5 Å². The molecule has 2 aliphatic rings. The van der Waals surface area contributed by atoms with Crippen molar-refractivity contribution in [2.45, 2.75) is 38.1 Å². The quantitative estimate of drug-likeness (QED) is 0.882. The van der Waals surface area contributed by atoms with Gasteiger partial charge in [0.05, 0.1) is 6.20 Å². The molecule has 1 aliphatic heterocycles. The van der Waals surface area contributed by atoms with Gasteiger partial charge in [-0.15, -0.1) is 0 Å². The van der Waals surface area contributed by atoms with Crippen LogP contribution in [0.5, 0.6) is 11.5 Å². The summed E-state index contributed by atoms with van der Waals surface area (Å²) in [5.74, 6) is 0.405. The maximum absolute atomic E-state index is 14.1. The van der Waals surface area contributed by atoms with Crippen LogP contribution in [0.4, 0.5) is 15.9 Å². The van der Waals surface area contributed by atoms with E-state index in [1.165, 1.54) is 36.3 Å². The zero-order valence-electron chi connectivity index (χ0n) is 14.1. The lowest BCUT2D eigenvalue weighted by molar-refractivity contribution is 0.0989. The topological polar surface area (TPSA) is 54.5 Å². The number of carbonyl (C=O) groups is 1.